The summed E-state index contributed by atoms with van der Waals surface area (Å²) in [4.78, 5) is 24.0. The largest absolute Gasteiger partial charge is 0.494 e. The molecule has 2 N–H and O–H groups in total. The van der Waals surface area contributed by atoms with Gasteiger partial charge in [-0.05, 0) is 60.9 Å². The number of hydrogen-bond acceptors (Lipinski definition) is 6. The van der Waals surface area contributed by atoms with Crippen LogP contribution in [-0.2, 0) is 4.79 Å². The van der Waals surface area contributed by atoms with Crippen molar-refractivity contribution in [2.24, 2.45) is 0 Å². The second kappa shape index (κ2) is 11.6. The lowest BCUT2D eigenvalue weighted by Crippen LogP contribution is -2.36. The van der Waals surface area contributed by atoms with Crippen LogP contribution in [0.15, 0.2) is 54.6 Å². The smallest absolute Gasteiger partial charge is 0.389 e. The van der Waals surface area contributed by atoms with Gasteiger partial charge >= 0.3 is 12.1 Å². The van der Waals surface area contributed by atoms with Crippen LogP contribution in [0.1, 0.15) is 48.5 Å². The van der Waals surface area contributed by atoms with Crippen molar-refractivity contribution in [1.29, 1.82) is 0 Å². The van der Waals surface area contributed by atoms with E-state index in [0.29, 0.717) is 11.3 Å². The van der Waals surface area contributed by atoms with Crippen LogP contribution in [-0.4, -0.2) is 40.5 Å². The number of ether oxygens (including phenoxy) is 2. The number of esters is 1. The Morgan fingerprint density at radius 1 is 0.939 bits per heavy atom. The van der Waals surface area contributed by atoms with Gasteiger partial charge in [-0.25, -0.2) is 4.79 Å². The third-order valence-electron chi connectivity index (χ3n) is 4.62. The Morgan fingerprint density at radius 3 is 2.12 bits per heavy atom. The Bertz CT molecular complexity index is 948. The van der Waals surface area contributed by atoms with E-state index < -0.39 is 30.1 Å². The summed E-state index contributed by atoms with van der Waals surface area (Å²) in [6.45, 7) is 1.62. The fourth-order valence-electron chi connectivity index (χ4n) is 2.60. The molecule has 0 bridgehead atoms. The maximum absolute atomic E-state index is 12.3. The molecule has 6 nitrogen and oxygen atoms in total. The summed E-state index contributed by atoms with van der Waals surface area (Å²) in [5.41, 5.74) is 0.833. The summed E-state index contributed by atoms with van der Waals surface area (Å²) in [5.74, 6) is -3.15. The van der Waals surface area contributed by atoms with Gasteiger partial charge in [0.15, 0.2) is 0 Å². The minimum Gasteiger partial charge on any atom is -0.494 e. The zero-order valence-corrected chi connectivity index (χ0v) is 18.0. The standard InChI is InChI=1S/C24H25F3O6/c1-2-23(30,31)21(28)14-7-17-5-8-18(9-6-17)22(29)33-20-12-10-19(11-13-20)32-16-4-3-15-24(25,26)27/h5-14,30-31H,2-4,15-16H2,1H3/b14-7+. The molecule has 9 heteroatoms. The van der Waals surface area contributed by atoms with E-state index in [0.717, 1.165) is 6.08 Å². The number of carbonyl (C=O) groups is 2. The minimum atomic E-state index is -4.16. The van der Waals surface area contributed by atoms with Crippen LogP contribution < -0.4 is 9.47 Å². The molecule has 2 aromatic carbocycles. The molecule has 0 heterocycles. The second-order valence-electron chi connectivity index (χ2n) is 7.27. The number of rotatable bonds is 11. The SMILES string of the molecule is CCC(O)(O)C(=O)/C=C/c1ccc(C(=O)Oc2ccc(OCCCCC(F)(F)F)cc2)cc1. The van der Waals surface area contributed by atoms with E-state index in [9.17, 15) is 33.0 Å². The summed E-state index contributed by atoms with van der Waals surface area (Å²) in [7, 11) is 0. The van der Waals surface area contributed by atoms with Gasteiger partial charge in [0.05, 0.1) is 12.2 Å². The maximum atomic E-state index is 12.3. The number of unbranched alkanes of at least 4 members (excludes halogenated alkanes) is 1. The molecule has 0 saturated heterocycles. The van der Waals surface area contributed by atoms with E-state index in [1.54, 1.807) is 24.3 Å². The van der Waals surface area contributed by atoms with E-state index >= 15 is 0 Å². The molecular weight excluding hydrogens is 441 g/mol. The van der Waals surface area contributed by atoms with Gasteiger partial charge in [-0.2, -0.15) is 13.2 Å². The predicted molar refractivity (Wildman–Crippen MR) is 115 cm³/mol. The molecule has 33 heavy (non-hydrogen) atoms. The predicted octanol–water partition coefficient (Wildman–Crippen LogP) is 4.69. The molecular formula is C24H25F3O6. The zero-order chi connectivity index (χ0) is 24.5. The molecule has 0 aliphatic rings. The lowest BCUT2D eigenvalue weighted by molar-refractivity contribution is -0.178. The van der Waals surface area contributed by atoms with E-state index in [2.05, 4.69) is 0 Å². The zero-order valence-electron chi connectivity index (χ0n) is 18.0. The van der Waals surface area contributed by atoms with Crippen LogP contribution in [0, 0.1) is 0 Å². The summed E-state index contributed by atoms with van der Waals surface area (Å²) >= 11 is 0. The quantitative estimate of drug-likeness (QED) is 0.164. The fourth-order valence-corrected chi connectivity index (χ4v) is 2.60. The average Bonchev–Trinajstić information content (AvgIpc) is 2.77. The molecule has 0 spiro atoms. The molecule has 2 rings (SSSR count). The van der Waals surface area contributed by atoms with Gasteiger partial charge in [0.25, 0.3) is 0 Å². The molecule has 0 saturated carbocycles. The summed E-state index contributed by atoms with van der Waals surface area (Å²) in [5, 5.41) is 19.0. The van der Waals surface area contributed by atoms with E-state index in [-0.39, 0.29) is 37.2 Å². The fraction of sp³-hybridized carbons (Fsp3) is 0.333. The Hall–Kier alpha value is -3.17. The van der Waals surface area contributed by atoms with Gasteiger partial charge in [0.2, 0.25) is 11.6 Å². The number of alkyl halides is 3. The number of carbonyl (C=O) groups excluding carboxylic acids is 2. The maximum Gasteiger partial charge on any atom is 0.389 e. The molecule has 0 aliphatic carbocycles. The third-order valence-corrected chi connectivity index (χ3v) is 4.62. The topological polar surface area (TPSA) is 93.1 Å². The molecule has 2 aromatic rings. The Labute approximate surface area is 189 Å². The van der Waals surface area contributed by atoms with Crippen molar-refractivity contribution in [3.8, 4) is 11.5 Å². The Kier molecular flexibility index (Phi) is 9.19. The van der Waals surface area contributed by atoms with Gasteiger partial charge in [0, 0.05) is 12.8 Å². The Morgan fingerprint density at radius 2 is 1.55 bits per heavy atom. The van der Waals surface area contributed by atoms with Gasteiger partial charge in [-0.3, -0.25) is 4.79 Å². The van der Waals surface area contributed by atoms with Crippen LogP contribution in [0.5, 0.6) is 11.5 Å². The first-order valence-corrected chi connectivity index (χ1v) is 10.3. The highest BCUT2D eigenvalue weighted by molar-refractivity contribution is 5.98. The first kappa shape index (κ1) is 26.1. The second-order valence-corrected chi connectivity index (χ2v) is 7.27. The number of aliphatic hydroxyl groups is 2. The molecule has 0 radical (unpaired) electrons. The van der Waals surface area contributed by atoms with Crippen LogP contribution >= 0.6 is 0 Å². The van der Waals surface area contributed by atoms with Crippen molar-refractivity contribution in [3.05, 3.63) is 65.7 Å². The van der Waals surface area contributed by atoms with Gasteiger partial charge in [-0.1, -0.05) is 25.1 Å². The molecule has 0 amide bonds. The van der Waals surface area contributed by atoms with Crippen molar-refractivity contribution < 1.29 is 42.4 Å². The molecule has 0 atom stereocenters. The summed E-state index contributed by atoms with van der Waals surface area (Å²) in [6, 6.07) is 12.2. The van der Waals surface area contributed by atoms with Gasteiger partial charge in [0.1, 0.15) is 11.5 Å². The molecule has 0 unspecified atom stereocenters. The molecule has 0 fully saturated rings. The molecule has 0 aromatic heterocycles. The van der Waals surface area contributed by atoms with Crippen molar-refractivity contribution in [1.82, 2.24) is 0 Å². The number of hydrogen-bond donors (Lipinski definition) is 2. The lowest BCUT2D eigenvalue weighted by atomic mass is 10.1. The van der Waals surface area contributed by atoms with Crippen molar-refractivity contribution in [2.45, 2.75) is 44.6 Å². The highest BCUT2D eigenvalue weighted by Gasteiger charge is 2.28. The lowest BCUT2D eigenvalue weighted by Gasteiger charge is -2.15. The minimum absolute atomic E-state index is 0.00747. The summed E-state index contributed by atoms with van der Waals surface area (Å²) in [6.07, 6.45) is -2.43. The van der Waals surface area contributed by atoms with Crippen LogP contribution in [0.2, 0.25) is 0 Å². The van der Waals surface area contributed by atoms with E-state index in [1.807, 2.05) is 0 Å². The van der Waals surface area contributed by atoms with Crippen molar-refractivity contribution in [2.75, 3.05) is 6.61 Å². The van der Waals surface area contributed by atoms with Gasteiger partial charge < -0.3 is 19.7 Å². The monoisotopic (exact) mass is 466 g/mol. The molecule has 178 valence electrons. The van der Waals surface area contributed by atoms with E-state index in [4.69, 9.17) is 9.47 Å². The third kappa shape index (κ3) is 9.07. The van der Waals surface area contributed by atoms with Crippen LogP contribution in [0.25, 0.3) is 6.08 Å². The Balaban J connectivity index is 1.84. The average molecular weight is 466 g/mol. The number of halogens is 3. The van der Waals surface area contributed by atoms with Gasteiger partial charge in [-0.15, -0.1) is 0 Å². The normalized spacial score (nSPS) is 12.1. The molecule has 0 aliphatic heterocycles. The number of ketones is 1. The number of benzene rings is 2. The first-order chi connectivity index (χ1) is 15.5. The first-order valence-electron chi connectivity index (χ1n) is 10.3. The summed E-state index contributed by atoms with van der Waals surface area (Å²) < 4.78 is 46.9. The highest BCUT2D eigenvalue weighted by Crippen LogP contribution is 2.23. The van der Waals surface area contributed by atoms with Crippen LogP contribution in [0.4, 0.5) is 13.2 Å². The van der Waals surface area contributed by atoms with Crippen molar-refractivity contribution >= 4 is 17.8 Å². The van der Waals surface area contributed by atoms with E-state index in [1.165, 1.54) is 37.3 Å². The van der Waals surface area contributed by atoms with Crippen molar-refractivity contribution in [3.63, 3.8) is 0 Å². The highest BCUT2D eigenvalue weighted by atomic mass is 19.4. The van der Waals surface area contributed by atoms with Crippen LogP contribution in [0.3, 0.4) is 0 Å².